The van der Waals surface area contributed by atoms with Gasteiger partial charge in [0.1, 0.15) is 0 Å². The highest BCUT2D eigenvalue weighted by molar-refractivity contribution is 5.95. The molecule has 7 nitrogen and oxygen atoms in total. The van der Waals surface area contributed by atoms with Gasteiger partial charge in [-0.15, -0.1) is 0 Å². The Morgan fingerprint density at radius 2 is 1.90 bits per heavy atom. The molecule has 0 radical (unpaired) electrons. The predicted octanol–water partition coefficient (Wildman–Crippen LogP) is 1.86. The number of morpholine rings is 1. The summed E-state index contributed by atoms with van der Waals surface area (Å²) in [5, 5.41) is 14.2. The number of carbonyl (C=O) groups is 1. The van der Waals surface area contributed by atoms with Crippen LogP contribution in [0.1, 0.15) is 66.9 Å². The quantitative estimate of drug-likeness (QED) is 0.805. The second kappa shape index (κ2) is 6.64. The van der Waals surface area contributed by atoms with Crippen LogP contribution in [-0.2, 0) is 4.74 Å². The smallest absolute Gasteiger partial charge is 0.254 e. The van der Waals surface area contributed by atoms with E-state index in [1.54, 1.807) is 6.20 Å². The van der Waals surface area contributed by atoms with E-state index in [9.17, 15) is 9.90 Å². The Balaban J connectivity index is 1.23. The number of ether oxygens (including phenoxy) is 1. The van der Waals surface area contributed by atoms with E-state index in [0.29, 0.717) is 42.4 Å². The van der Waals surface area contributed by atoms with Crippen molar-refractivity contribution in [1.82, 2.24) is 15.3 Å². The van der Waals surface area contributed by atoms with Gasteiger partial charge in [-0.3, -0.25) is 4.79 Å². The molecule has 1 amide bonds. The number of rotatable bonds is 4. The summed E-state index contributed by atoms with van der Waals surface area (Å²) in [4.78, 5) is 24.8. The lowest BCUT2D eigenvalue weighted by atomic mass is 9.52. The van der Waals surface area contributed by atoms with Crippen molar-refractivity contribution in [2.45, 2.75) is 62.5 Å². The molecule has 2 heterocycles. The van der Waals surface area contributed by atoms with Crippen molar-refractivity contribution >= 4 is 11.9 Å². The first-order valence-electron chi connectivity index (χ1n) is 11.3. The zero-order valence-corrected chi connectivity index (χ0v) is 16.8. The van der Waals surface area contributed by atoms with Gasteiger partial charge < -0.3 is 20.1 Å². The van der Waals surface area contributed by atoms with Crippen LogP contribution in [-0.4, -0.2) is 58.9 Å². The summed E-state index contributed by atoms with van der Waals surface area (Å²) >= 11 is 0. The standard InChI is InChI=1S/C22H30N4O3/c27-20(24-18-15-7-13-8-16(18)11-22(28,9-13)10-15)17-12-23-21(25-19(17)14-1-2-14)26-3-5-29-6-4-26/h12-16,18,28H,1-11H2,(H,24,27)/t13?,15-,16+,18?,22?. The highest BCUT2D eigenvalue weighted by Crippen LogP contribution is 2.55. The van der Waals surface area contributed by atoms with E-state index >= 15 is 0 Å². The molecule has 0 spiro atoms. The first kappa shape index (κ1) is 18.1. The van der Waals surface area contributed by atoms with E-state index in [4.69, 9.17) is 9.72 Å². The highest BCUT2D eigenvalue weighted by atomic mass is 16.5. The van der Waals surface area contributed by atoms with Crippen molar-refractivity contribution in [3.05, 3.63) is 17.5 Å². The highest BCUT2D eigenvalue weighted by Gasteiger charge is 2.55. The van der Waals surface area contributed by atoms with Crippen LogP contribution in [0.3, 0.4) is 0 Å². The van der Waals surface area contributed by atoms with Crippen LogP contribution in [0.5, 0.6) is 0 Å². The van der Waals surface area contributed by atoms with Crippen LogP contribution in [0.2, 0.25) is 0 Å². The fraction of sp³-hybridized carbons (Fsp3) is 0.773. The Hall–Kier alpha value is -1.73. The third kappa shape index (κ3) is 3.22. The predicted molar refractivity (Wildman–Crippen MR) is 107 cm³/mol. The maximum absolute atomic E-state index is 13.3. The van der Waals surface area contributed by atoms with Gasteiger partial charge in [0.05, 0.1) is 30.1 Å². The molecule has 1 aromatic heterocycles. The Kier molecular flexibility index (Phi) is 4.14. The van der Waals surface area contributed by atoms with E-state index in [2.05, 4.69) is 15.2 Å². The summed E-state index contributed by atoms with van der Waals surface area (Å²) in [6.07, 6.45) is 8.87. The van der Waals surface area contributed by atoms with Gasteiger partial charge in [0.25, 0.3) is 5.91 Å². The molecule has 0 aromatic carbocycles. The van der Waals surface area contributed by atoms with Gasteiger partial charge in [0.2, 0.25) is 5.95 Å². The molecule has 3 unspecified atom stereocenters. The van der Waals surface area contributed by atoms with Crippen molar-refractivity contribution in [1.29, 1.82) is 0 Å². The molecular weight excluding hydrogens is 368 g/mol. The Morgan fingerprint density at radius 3 is 2.55 bits per heavy atom. The average Bonchev–Trinajstić information content (AvgIpc) is 3.55. The Labute approximate surface area is 171 Å². The molecule has 1 saturated heterocycles. The number of carbonyl (C=O) groups excluding carboxylic acids is 1. The number of nitrogens with one attached hydrogen (secondary N) is 1. The number of amides is 1. The maximum atomic E-state index is 13.3. The molecule has 1 aromatic rings. The second-order valence-electron chi connectivity index (χ2n) is 10.0. The molecule has 5 aliphatic carbocycles. The first-order valence-corrected chi connectivity index (χ1v) is 11.3. The van der Waals surface area contributed by atoms with Crippen LogP contribution >= 0.6 is 0 Å². The molecule has 6 fully saturated rings. The number of nitrogens with zero attached hydrogens (tertiary/aromatic N) is 3. The fourth-order valence-electron chi connectivity index (χ4n) is 6.59. The molecule has 29 heavy (non-hydrogen) atoms. The molecule has 6 aliphatic rings. The van der Waals surface area contributed by atoms with Crippen LogP contribution in [0, 0.1) is 17.8 Å². The lowest BCUT2D eigenvalue weighted by molar-refractivity contribution is -0.136. The van der Waals surface area contributed by atoms with Crippen molar-refractivity contribution in [2.24, 2.45) is 17.8 Å². The fourth-order valence-corrected chi connectivity index (χ4v) is 6.59. The van der Waals surface area contributed by atoms with Crippen LogP contribution in [0.4, 0.5) is 5.95 Å². The monoisotopic (exact) mass is 398 g/mol. The minimum Gasteiger partial charge on any atom is -0.390 e. The molecule has 2 N–H and O–H groups in total. The largest absolute Gasteiger partial charge is 0.390 e. The van der Waals surface area contributed by atoms with Crippen LogP contribution in [0.25, 0.3) is 0 Å². The van der Waals surface area contributed by atoms with E-state index in [1.807, 2.05) is 0 Å². The Morgan fingerprint density at radius 1 is 1.17 bits per heavy atom. The van der Waals surface area contributed by atoms with Crippen molar-refractivity contribution in [2.75, 3.05) is 31.2 Å². The SMILES string of the molecule is O=C(NC1[C@@H]2CC3C[C@H]1CC(O)(C3)C2)c1cnc(N2CCOCC2)nc1C1CC1. The Bertz CT molecular complexity index is 804. The summed E-state index contributed by atoms with van der Waals surface area (Å²) in [5.41, 5.74) is 1.10. The minimum atomic E-state index is -0.472. The minimum absolute atomic E-state index is 0.0232. The third-order valence-corrected chi connectivity index (χ3v) is 7.85. The van der Waals surface area contributed by atoms with Gasteiger partial charge in [-0.2, -0.15) is 0 Å². The normalized spacial score (nSPS) is 38.3. The molecule has 156 valence electrons. The number of hydrogen-bond donors (Lipinski definition) is 2. The van der Waals surface area contributed by atoms with Crippen LogP contribution in [0.15, 0.2) is 6.20 Å². The van der Waals surface area contributed by atoms with E-state index in [0.717, 1.165) is 69.7 Å². The number of anilines is 1. The third-order valence-electron chi connectivity index (χ3n) is 7.85. The molecular formula is C22H30N4O3. The average molecular weight is 399 g/mol. The van der Waals surface area contributed by atoms with E-state index in [-0.39, 0.29) is 11.9 Å². The molecule has 7 rings (SSSR count). The summed E-state index contributed by atoms with van der Waals surface area (Å²) in [6, 6.07) is 0.185. The van der Waals surface area contributed by atoms with Gasteiger partial charge in [0, 0.05) is 31.2 Å². The maximum Gasteiger partial charge on any atom is 0.254 e. The summed E-state index contributed by atoms with van der Waals surface area (Å²) in [6.45, 7) is 2.99. The number of aromatic nitrogens is 2. The van der Waals surface area contributed by atoms with Gasteiger partial charge in [-0.1, -0.05) is 0 Å². The molecule has 1 aliphatic heterocycles. The molecule has 7 heteroatoms. The molecule has 4 bridgehead atoms. The van der Waals surface area contributed by atoms with Crippen LogP contribution < -0.4 is 10.2 Å². The van der Waals surface area contributed by atoms with E-state index in [1.165, 1.54) is 0 Å². The summed E-state index contributed by atoms with van der Waals surface area (Å²) in [7, 11) is 0. The summed E-state index contributed by atoms with van der Waals surface area (Å²) in [5.74, 6) is 2.55. The van der Waals surface area contributed by atoms with Gasteiger partial charge in [0.15, 0.2) is 0 Å². The second-order valence-corrected chi connectivity index (χ2v) is 10.0. The van der Waals surface area contributed by atoms with Gasteiger partial charge in [-0.25, -0.2) is 9.97 Å². The van der Waals surface area contributed by atoms with Crippen molar-refractivity contribution in [3.63, 3.8) is 0 Å². The number of hydrogen-bond acceptors (Lipinski definition) is 6. The van der Waals surface area contributed by atoms with Crippen molar-refractivity contribution in [3.8, 4) is 0 Å². The zero-order valence-electron chi connectivity index (χ0n) is 16.8. The molecule has 5 saturated carbocycles. The lowest BCUT2D eigenvalue weighted by Crippen LogP contribution is -2.61. The van der Waals surface area contributed by atoms with Gasteiger partial charge in [-0.05, 0) is 62.7 Å². The molecule has 5 atom stereocenters. The lowest BCUT2D eigenvalue weighted by Gasteiger charge is -2.58. The first-order chi connectivity index (χ1) is 14.1. The summed E-state index contributed by atoms with van der Waals surface area (Å²) < 4.78 is 5.43. The number of aliphatic hydroxyl groups is 1. The van der Waals surface area contributed by atoms with Gasteiger partial charge >= 0.3 is 0 Å². The topological polar surface area (TPSA) is 87.6 Å². The van der Waals surface area contributed by atoms with E-state index < -0.39 is 5.60 Å². The zero-order chi connectivity index (χ0) is 19.6. The van der Waals surface area contributed by atoms with Crippen molar-refractivity contribution < 1.29 is 14.6 Å².